The van der Waals surface area contributed by atoms with Crippen LogP contribution in [0.1, 0.15) is 50.7 Å². The normalized spacial score (nSPS) is 12.2. The summed E-state index contributed by atoms with van der Waals surface area (Å²) in [6, 6.07) is 0. The van der Waals surface area contributed by atoms with Crippen LogP contribution in [0.25, 0.3) is 0 Å². The van der Waals surface area contributed by atoms with E-state index in [9.17, 15) is 9.90 Å². The first-order valence-electron chi connectivity index (χ1n) is 5.64. The minimum absolute atomic E-state index is 0.125. The van der Waals surface area contributed by atoms with Crippen molar-refractivity contribution < 1.29 is 9.90 Å². The minimum atomic E-state index is -1.02. The Balaban J connectivity index is 3.35. The van der Waals surface area contributed by atoms with Crippen molar-refractivity contribution in [3.63, 3.8) is 0 Å². The molecule has 0 amide bonds. The Hall–Kier alpha value is -1.03. The fourth-order valence-electron chi connectivity index (χ4n) is 1.62. The lowest BCUT2D eigenvalue weighted by Crippen LogP contribution is -2.17. The number of hydrogen-bond acceptors (Lipinski definition) is 2. The van der Waals surface area contributed by atoms with Crippen molar-refractivity contribution in [3.05, 3.63) is 16.4 Å². The maximum absolute atomic E-state index is 11.3. The number of carbonyl (C=O) groups is 1. The number of halogens is 1. The molecule has 0 aliphatic carbocycles. The van der Waals surface area contributed by atoms with E-state index in [4.69, 9.17) is 11.6 Å². The molecule has 1 aromatic rings. The highest BCUT2D eigenvalue weighted by molar-refractivity contribution is 6.32. The molecule has 0 saturated carbocycles. The first-order chi connectivity index (χ1) is 7.64. The SMILES string of the molecule is CC(C)Cn1nc(C(C)(C)C)c(C(=O)O)c1Cl. The molecule has 4 nitrogen and oxygen atoms in total. The Morgan fingerprint density at radius 3 is 2.29 bits per heavy atom. The van der Waals surface area contributed by atoms with Crippen molar-refractivity contribution in [1.29, 1.82) is 0 Å². The first kappa shape index (κ1) is 14.0. The topological polar surface area (TPSA) is 55.1 Å². The Labute approximate surface area is 107 Å². The van der Waals surface area contributed by atoms with E-state index in [0.29, 0.717) is 18.2 Å². The predicted octanol–water partition coefficient (Wildman–Crippen LogP) is 3.19. The van der Waals surface area contributed by atoms with Gasteiger partial charge in [-0.3, -0.25) is 4.68 Å². The Bertz CT molecular complexity index is 430. The largest absolute Gasteiger partial charge is 0.478 e. The number of aromatic carboxylic acids is 1. The monoisotopic (exact) mass is 258 g/mol. The van der Waals surface area contributed by atoms with Crippen LogP contribution in [-0.2, 0) is 12.0 Å². The van der Waals surface area contributed by atoms with E-state index >= 15 is 0 Å². The summed E-state index contributed by atoms with van der Waals surface area (Å²) < 4.78 is 1.58. The minimum Gasteiger partial charge on any atom is -0.478 e. The molecule has 0 aliphatic heterocycles. The summed E-state index contributed by atoms with van der Waals surface area (Å²) in [6.45, 7) is 10.5. The second-order valence-electron chi connectivity index (χ2n) is 5.65. The van der Waals surface area contributed by atoms with Crippen LogP contribution in [0.4, 0.5) is 0 Å². The maximum atomic E-state index is 11.3. The molecule has 96 valence electrons. The van der Waals surface area contributed by atoms with Crippen LogP contribution >= 0.6 is 11.6 Å². The van der Waals surface area contributed by atoms with Gasteiger partial charge in [0, 0.05) is 12.0 Å². The summed E-state index contributed by atoms with van der Waals surface area (Å²) in [6.07, 6.45) is 0. The van der Waals surface area contributed by atoms with E-state index in [1.807, 2.05) is 34.6 Å². The third-order valence-corrected chi connectivity index (χ3v) is 2.74. The zero-order valence-electron chi connectivity index (χ0n) is 10.9. The number of aromatic nitrogens is 2. The number of carboxylic acid groups (broad SMARTS) is 1. The average Bonchev–Trinajstić information content (AvgIpc) is 2.42. The fraction of sp³-hybridized carbons (Fsp3) is 0.667. The highest BCUT2D eigenvalue weighted by Gasteiger charge is 2.30. The number of nitrogens with zero attached hydrogens (tertiary/aromatic N) is 2. The van der Waals surface area contributed by atoms with Crippen LogP contribution < -0.4 is 0 Å². The fourth-order valence-corrected chi connectivity index (χ4v) is 1.90. The Morgan fingerprint density at radius 1 is 1.47 bits per heavy atom. The van der Waals surface area contributed by atoms with E-state index < -0.39 is 5.97 Å². The molecule has 0 radical (unpaired) electrons. The summed E-state index contributed by atoms with van der Waals surface area (Å²) in [5.41, 5.74) is 0.329. The molecular formula is C12H19ClN2O2. The molecule has 17 heavy (non-hydrogen) atoms. The van der Waals surface area contributed by atoms with E-state index in [-0.39, 0.29) is 16.1 Å². The summed E-state index contributed by atoms with van der Waals surface area (Å²) >= 11 is 6.09. The Morgan fingerprint density at radius 2 is 2.00 bits per heavy atom. The van der Waals surface area contributed by atoms with Crippen LogP contribution in [0.15, 0.2) is 0 Å². The van der Waals surface area contributed by atoms with Gasteiger partial charge >= 0.3 is 5.97 Å². The molecule has 0 unspecified atom stereocenters. The van der Waals surface area contributed by atoms with E-state index in [1.54, 1.807) is 4.68 Å². The lowest BCUT2D eigenvalue weighted by Gasteiger charge is -2.15. The first-order valence-corrected chi connectivity index (χ1v) is 6.02. The third kappa shape index (κ3) is 3.00. The molecule has 0 aliphatic rings. The zero-order valence-corrected chi connectivity index (χ0v) is 11.7. The van der Waals surface area contributed by atoms with E-state index in [1.165, 1.54) is 0 Å². The van der Waals surface area contributed by atoms with Crippen molar-refractivity contribution in [1.82, 2.24) is 9.78 Å². The predicted molar refractivity (Wildman–Crippen MR) is 67.7 cm³/mol. The molecule has 0 spiro atoms. The zero-order chi connectivity index (χ0) is 13.4. The van der Waals surface area contributed by atoms with Crippen molar-refractivity contribution in [2.75, 3.05) is 0 Å². The molecule has 5 heteroatoms. The standard InChI is InChI=1S/C12H19ClN2O2/c1-7(2)6-15-10(13)8(11(16)17)9(14-15)12(3,4)5/h7H,6H2,1-5H3,(H,16,17). The lowest BCUT2D eigenvalue weighted by atomic mass is 9.89. The molecule has 0 aromatic carbocycles. The molecule has 1 aromatic heterocycles. The second kappa shape index (κ2) is 4.69. The van der Waals surface area contributed by atoms with Crippen LogP contribution in [0.3, 0.4) is 0 Å². The van der Waals surface area contributed by atoms with Crippen molar-refractivity contribution in [2.45, 2.75) is 46.6 Å². The van der Waals surface area contributed by atoms with Gasteiger partial charge in [-0.2, -0.15) is 5.10 Å². The van der Waals surface area contributed by atoms with Gasteiger partial charge in [0.2, 0.25) is 0 Å². The van der Waals surface area contributed by atoms with Gasteiger partial charge in [0.25, 0.3) is 0 Å². The van der Waals surface area contributed by atoms with Crippen LogP contribution in [0, 0.1) is 5.92 Å². The van der Waals surface area contributed by atoms with Gasteiger partial charge < -0.3 is 5.11 Å². The Kier molecular flexibility index (Phi) is 3.87. The molecular weight excluding hydrogens is 240 g/mol. The second-order valence-corrected chi connectivity index (χ2v) is 6.00. The summed E-state index contributed by atoms with van der Waals surface area (Å²) in [5.74, 6) is -0.656. The number of hydrogen-bond donors (Lipinski definition) is 1. The molecule has 0 fully saturated rings. The quantitative estimate of drug-likeness (QED) is 0.906. The van der Waals surface area contributed by atoms with Gasteiger partial charge in [-0.15, -0.1) is 0 Å². The van der Waals surface area contributed by atoms with E-state index in [0.717, 1.165) is 0 Å². The van der Waals surface area contributed by atoms with Crippen LogP contribution in [0.5, 0.6) is 0 Å². The maximum Gasteiger partial charge on any atom is 0.340 e. The number of carboxylic acids is 1. The van der Waals surface area contributed by atoms with Crippen molar-refractivity contribution in [2.24, 2.45) is 5.92 Å². The average molecular weight is 259 g/mol. The van der Waals surface area contributed by atoms with Gasteiger partial charge in [0.05, 0.1) is 5.69 Å². The smallest absolute Gasteiger partial charge is 0.340 e. The van der Waals surface area contributed by atoms with E-state index in [2.05, 4.69) is 5.10 Å². The molecule has 0 saturated heterocycles. The molecule has 1 heterocycles. The molecule has 1 rings (SSSR count). The highest BCUT2D eigenvalue weighted by Crippen LogP contribution is 2.30. The lowest BCUT2D eigenvalue weighted by molar-refractivity contribution is 0.0694. The van der Waals surface area contributed by atoms with Crippen molar-refractivity contribution >= 4 is 17.6 Å². The molecule has 0 atom stereocenters. The third-order valence-electron chi connectivity index (χ3n) is 2.35. The summed E-state index contributed by atoms with van der Waals surface area (Å²) in [7, 11) is 0. The van der Waals surface area contributed by atoms with Crippen LogP contribution in [0.2, 0.25) is 5.15 Å². The van der Waals surface area contributed by atoms with Gasteiger partial charge in [0.1, 0.15) is 10.7 Å². The van der Waals surface area contributed by atoms with Gasteiger partial charge in [-0.05, 0) is 5.92 Å². The van der Waals surface area contributed by atoms with Gasteiger partial charge in [-0.1, -0.05) is 46.2 Å². The van der Waals surface area contributed by atoms with Gasteiger partial charge in [0.15, 0.2) is 0 Å². The molecule has 1 N–H and O–H groups in total. The highest BCUT2D eigenvalue weighted by atomic mass is 35.5. The van der Waals surface area contributed by atoms with Crippen LogP contribution in [-0.4, -0.2) is 20.9 Å². The molecule has 0 bridgehead atoms. The summed E-state index contributed by atoms with van der Waals surface area (Å²) in [4.78, 5) is 11.3. The van der Waals surface area contributed by atoms with Gasteiger partial charge in [-0.25, -0.2) is 4.79 Å². The van der Waals surface area contributed by atoms with Crippen molar-refractivity contribution in [3.8, 4) is 0 Å². The number of rotatable bonds is 3. The summed E-state index contributed by atoms with van der Waals surface area (Å²) in [5, 5.41) is 13.8.